The Balaban J connectivity index is 1.69. The smallest absolute Gasteiger partial charge is 0.0793 e. The van der Waals surface area contributed by atoms with Gasteiger partial charge in [-0.15, -0.1) is 0 Å². The highest BCUT2D eigenvalue weighted by Gasteiger charge is 2.22. The molecule has 2 fully saturated rings. The van der Waals surface area contributed by atoms with Crippen molar-refractivity contribution in [3.05, 3.63) is 0 Å². The molecule has 2 atom stereocenters. The first-order chi connectivity index (χ1) is 9.65. The lowest BCUT2D eigenvalue weighted by Crippen LogP contribution is -2.48. The fourth-order valence-electron chi connectivity index (χ4n) is 3.58. The van der Waals surface area contributed by atoms with Gasteiger partial charge in [0.1, 0.15) is 0 Å². The molecule has 0 amide bonds. The molecule has 0 aliphatic carbocycles. The van der Waals surface area contributed by atoms with E-state index in [0.717, 1.165) is 51.1 Å². The number of β-amino-alcohol motifs (C(OH)–C–C–N with tert-alkyl or cyclic N) is 1. The molecule has 0 aromatic rings. The van der Waals surface area contributed by atoms with Crippen LogP contribution < -0.4 is 5.32 Å². The van der Waals surface area contributed by atoms with Crippen molar-refractivity contribution in [1.82, 2.24) is 15.1 Å². The fraction of sp³-hybridized carbons (Fsp3) is 1.00. The molecule has 2 N–H and O–H groups in total. The lowest BCUT2D eigenvalue weighted by Gasteiger charge is -2.31. The minimum atomic E-state index is -0.191. The van der Waals surface area contributed by atoms with E-state index in [1.807, 2.05) is 0 Å². The predicted molar refractivity (Wildman–Crippen MR) is 83.9 cm³/mol. The molecule has 2 aliphatic rings. The molecule has 4 nitrogen and oxygen atoms in total. The molecule has 0 aromatic heterocycles. The normalized spacial score (nSPS) is 28.5. The lowest BCUT2D eigenvalue weighted by molar-refractivity contribution is 0.0699. The van der Waals surface area contributed by atoms with Crippen LogP contribution in [0.2, 0.25) is 0 Å². The van der Waals surface area contributed by atoms with E-state index in [-0.39, 0.29) is 6.10 Å². The maximum Gasteiger partial charge on any atom is 0.0793 e. The Kier molecular flexibility index (Phi) is 6.75. The van der Waals surface area contributed by atoms with Crippen molar-refractivity contribution in [1.29, 1.82) is 0 Å². The molecule has 0 spiro atoms. The van der Waals surface area contributed by atoms with Gasteiger partial charge in [-0.25, -0.2) is 0 Å². The summed E-state index contributed by atoms with van der Waals surface area (Å²) < 4.78 is 0. The third kappa shape index (κ3) is 5.32. The van der Waals surface area contributed by atoms with Gasteiger partial charge in [-0.2, -0.15) is 0 Å². The number of aliphatic hydroxyl groups excluding tert-OH is 1. The highest BCUT2D eigenvalue weighted by atomic mass is 16.3. The second kappa shape index (κ2) is 8.32. The average Bonchev–Trinajstić information content (AvgIpc) is 2.65. The topological polar surface area (TPSA) is 38.7 Å². The SMILES string of the molecule is CC(C)C1CCCN(CC(O)CN2CCNCC2)CC1. The maximum atomic E-state index is 10.3. The van der Waals surface area contributed by atoms with E-state index in [4.69, 9.17) is 0 Å². The van der Waals surface area contributed by atoms with E-state index in [9.17, 15) is 5.11 Å². The van der Waals surface area contributed by atoms with Crippen molar-refractivity contribution in [3.63, 3.8) is 0 Å². The van der Waals surface area contributed by atoms with Gasteiger partial charge in [0, 0.05) is 39.3 Å². The predicted octanol–water partition coefficient (Wildman–Crippen LogP) is 1.01. The quantitative estimate of drug-likeness (QED) is 0.790. The first-order valence-corrected chi connectivity index (χ1v) is 8.48. The largest absolute Gasteiger partial charge is 0.390 e. The number of likely N-dealkylation sites (tertiary alicyclic amines) is 1. The first kappa shape index (κ1) is 16.2. The van der Waals surface area contributed by atoms with Crippen LogP contribution in [0.5, 0.6) is 0 Å². The number of nitrogens with one attached hydrogen (secondary N) is 1. The summed E-state index contributed by atoms with van der Waals surface area (Å²) in [5.41, 5.74) is 0. The molecule has 2 heterocycles. The van der Waals surface area contributed by atoms with E-state index in [2.05, 4.69) is 29.0 Å². The van der Waals surface area contributed by atoms with Crippen LogP contribution in [0.1, 0.15) is 33.1 Å². The Morgan fingerprint density at radius 2 is 1.65 bits per heavy atom. The van der Waals surface area contributed by atoms with Gasteiger partial charge >= 0.3 is 0 Å². The lowest BCUT2D eigenvalue weighted by atomic mass is 9.89. The number of nitrogens with zero attached hydrogens (tertiary/aromatic N) is 2. The van der Waals surface area contributed by atoms with Crippen LogP contribution in [0.4, 0.5) is 0 Å². The minimum absolute atomic E-state index is 0.191. The summed E-state index contributed by atoms with van der Waals surface area (Å²) in [6, 6.07) is 0. The maximum absolute atomic E-state index is 10.3. The molecule has 0 radical (unpaired) electrons. The van der Waals surface area contributed by atoms with Crippen LogP contribution in [-0.2, 0) is 0 Å². The summed E-state index contributed by atoms with van der Waals surface area (Å²) in [5, 5.41) is 13.7. The standard InChI is InChI=1S/C16H33N3O/c1-14(2)15-4-3-8-18(9-5-15)12-16(20)13-19-10-6-17-7-11-19/h14-17,20H,3-13H2,1-2H3. The van der Waals surface area contributed by atoms with Crippen LogP contribution in [0.15, 0.2) is 0 Å². The van der Waals surface area contributed by atoms with Crippen LogP contribution in [0, 0.1) is 11.8 Å². The van der Waals surface area contributed by atoms with E-state index < -0.39 is 0 Å². The molecule has 118 valence electrons. The van der Waals surface area contributed by atoms with Crippen molar-refractivity contribution < 1.29 is 5.11 Å². The van der Waals surface area contributed by atoms with Gasteiger partial charge in [-0.05, 0) is 44.2 Å². The van der Waals surface area contributed by atoms with Gasteiger partial charge in [-0.1, -0.05) is 13.8 Å². The minimum Gasteiger partial charge on any atom is -0.390 e. The van der Waals surface area contributed by atoms with Crippen LogP contribution >= 0.6 is 0 Å². The molecule has 2 unspecified atom stereocenters. The van der Waals surface area contributed by atoms with Crippen LogP contribution in [0.25, 0.3) is 0 Å². The van der Waals surface area contributed by atoms with Gasteiger partial charge in [0.25, 0.3) is 0 Å². The Morgan fingerprint density at radius 3 is 2.30 bits per heavy atom. The highest BCUT2D eigenvalue weighted by Crippen LogP contribution is 2.24. The Bertz CT molecular complexity index is 266. The zero-order valence-electron chi connectivity index (χ0n) is 13.4. The third-order valence-electron chi connectivity index (χ3n) is 4.96. The molecular weight excluding hydrogens is 250 g/mol. The van der Waals surface area contributed by atoms with E-state index >= 15 is 0 Å². The molecule has 2 saturated heterocycles. The van der Waals surface area contributed by atoms with Gasteiger partial charge in [-0.3, -0.25) is 4.90 Å². The van der Waals surface area contributed by atoms with Crippen molar-refractivity contribution >= 4 is 0 Å². The van der Waals surface area contributed by atoms with E-state index in [1.54, 1.807) is 0 Å². The monoisotopic (exact) mass is 283 g/mol. The van der Waals surface area contributed by atoms with Crippen molar-refractivity contribution in [2.45, 2.75) is 39.2 Å². The fourth-order valence-corrected chi connectivity index (χ4v) is 3.58. The van der Waals surface area contributed by atoms with Gasteiger partial charge in [0.05, 0.1) is 6.10 Å². The van der Waals surface area contributed by atoms with Crippen molar-refractivity contribution in [2.24, 2.45) is 11.8 Å². The van der Waals surface area contributed by atoms with Crippen molar-refractivity contribution in [3.8, 4) is 0 Å². The van der Waals surface area contributed by atoms with Gasteiger partial charge in [0.2, 0.25) is 0 Å². The Labute approximate surface area is 124 Å². The Morgan fingerprint density at radius 1 is 1.00 bits per heavy atom. The molecule has 4 heteroatoms. The first-order valence-electron chi connectivity index (χ1n) is 8.48. The van der Waals surface area contributed by atoms with Crippen LogP contribution in [0.3, 0.4) is 0 Å². The Hall–Kier alpha value is -0.160. The van der Waals surface area contributed by atoms with Gasteiger partial charge in [0.15, 0.2) is 0 Å². The second-order valence-electron chi connectivity index (χ2n) is 6.94. The summed E-state index contributed by atoms with van der Waals surface area (Å²) in [5.74, 6) is 1.69. The summed E-state index contributed by atoms with van der Waals surface area (Å²) >= 11 is 0. The zero-order valence-corrected chi connectivity index (χ0v) is 13.4. The number of rotatable bonds is 5. The molecular formula is C16H33N3O. The second-order valence-corrected chi connectivity index (χ2v) is 6.94. The summed E-state index contributed by atoms with van der Waals surface area (Å²) in [7, 11) is 0. The number of hydrogen-bond acceptors (Lipinski definition) is 4. The number of piperazine rings is 1. The third-order valence-corrected chi connectivity index (χ3v) is 4.96. The highest BCUT2D eigenvalue weighted by molar-refractivity contribution is 4.77. The zero-order chi connectivity index (χ0) is 14.4. The molecule has 0 aromatic carbocycles. The number of aliphatic hydroxyl groups is 1. The molecule has 2 aliphatic heterocycles. The number of hydrogen-bond donors (Lipinski definition) is 2. The van der Waals surface area contributed by atoms with Crippen molar-refractivity contribution in [2.75, 3.05) is 52.4 Å². The van der Waals surface area contributed by atoms with Crippen LogP contribution in [-0.4, -0.2) is 73.4 Å². The molecule has 0 saturated carbocycles. The summed E-state index contributed by atoms with van der Waals surface area (Å²) in [6.07, 6.45) is 3.77. The molecule has 0 bridgehead atoms. The van der Waals surface area contributed by atoms with Gasteiger partial charge < -0.3 is 15.3 Å². The summed E-state index contributed by atoms with van der Waals surface area (Å²) in [6.45, 7) is 13.0. The van der Waals surface area contributed by atoms with E-state index in [0.29, 0.717) is 0 Å². The van der Waals surface area contributed by atoms with E-state index in [1.165, 1.54) is 32.4 Å². The summed E-state index contributed by atoms with van der Waals surface area (Å²) in [4.78, 5) is 4.87. The molecule has 2 rings (SSSR count). The average molecular weight is 283 g/mol. The molecule has 20 heavy (non-hydrogen) atoms.